The van der Waals surface area contributed by atoms with Gasteiger partial charge < -0.3 is 9.47 Å². The van der Waals surface area contributed by atoms with Crippen LogP contribution in [0.4, 0.5) is 0 Å². The molecule has 0 radical (unpaired) electrons. The van der Waals surface area contributed by atoms with Gasteiger partial charge in [0.2, 0.25) is 0 Å². The molecular formula is C40H68O4. The number of allylic oxidation sites excluding steroid dienone is 2. The summed E-state index contributed by atoms with van der Waals surface area (Å²) in [6.07, 6.45) is 37.7. The number of benzene rings is 1. The standard InChI is InChI=1S/C40H68O4/c1-3-5-7-9-11-13-15-17-18-19-20-22-24-26-28-30-36-44-40(42)38-33-31-37(32-34-38)39(41)43-35-29-27-25-23-21-16-14-12-10-8-6-4-2/h17-18,31-34H,3-16,19-30,35-36H2,1-2H3/b18-17-. The lowest BCUT2D eigenvalue weighted by molar-refractivity contribution is 0.0483. The number of ether oxygens (including phenoxy) is 2. The molecule has 0 aromatic heterocycles. The molecule has 0 saturated carbocycles. The highest BCUT2D eigenvalue weighted by atomic mass is 16.5. The van der Waals surface area contributed by atoms with E-state index in [4.69, 9.17) is 9.47 Å². The first-order chi connectivity index (χ1) is 21.7. The maximum atomic E-state index is 12.4. The maximum absolute atomic E-state index is 12.4. The molecule has 4 heteroatoms. The lowest BCUT2D eigenvalue weighted by atomic mass is 10.1. The third-order valence-electron chi connectivity index (χ3n) is 8.48. The predicted molar refractivity (Wildman–Crippen MR) is 188 cm³/mol. The number of rotatable bonds is 31. The van der Waals surface area contributed by atoms with Gasteiger partial charge in [0.05, 0.1) is 24.3 Å². The molecule has 1 aromatic carbocycles. The highest BCUT2D eigenvalue weighted by Gasteiger charge is 2.11. The van der Waals surface area contributed by atoms with E-state index in [1.165, 1.54) is 141 Å². The largest absolute Gasteiger partial charge is 0.462 e. The highest BCUT2D eigenvalue weighted by molar-refractivity contribution is 5.93. The number of unbranched alkanes of at least 4 members (excludes halogenated alkanes) is 23. The van der Waals surface area contributed by atoms with Crippen LogP contribution in [0.2, 0.25) is 0 Å². The van der Waals surface area contributed by atoms with Crippen LogP contribution in [0, 0.1) is 0 Å². The Morgan fingerprint density at radius 3 is 1.02 bits per heavy atom. The molecule has 0 saturated heterocycles. The van der Waals surface area contributed by atoms with E-state index in [2.05, 4.69) is 26.0 Å². The molecule has 0 bridgehead atoms. The van der Waals surface area contributed by atoms with E-state index < -0.39 is 0 Å². The van der Waals surface area contributed by atoms with Crippen molar-refractivity contribution in [3.63, 3.8) is 0 Å². The van der Waals surface area contributed by atoms with Crippen LogP contribution in [0.15, 0.2) is 36.4 Å². The minimum absolute atomic E-state index is 0.322. The molecule has 0 aliphatic rings. The van der Waals surface area contributed by atoms with E-state index in [1.54, 1.807) is 24.3 Å². The van der Waals surface area contributed by atoms with Crippen LogP contribution >= 0.6 is 0 Å². The molecule has 0 aliphatic carbocycles. The monoisotopic (exact) mass is 613 g/mol. The van der Waals surface area contributed by atoms with Gasteiger partial charge in [-0.25, -0.2) is 9.59 Å². The van der Waals surface area contributed by atoms with Crippen molar-refractivity contribution >= 4 is 11.9 Å². The number of hydrogen-bond donors (Lipinski definition) is 0. The molecular weight excluding hydrogens is 544 g/mol. The van der Waals surface area contributed by atoms with Crippen LogP contribution in [-0.4, -0.2) is 25.2 Å². The Bertz CT molecular complexity index is 813. The second-order valence-corrected chi connectivity index (χ2v) is 12.7. The minimum atomic E-state index is -0.325. The van der Waals surface area contributed by atoms with E-state index in [1.807, 2.05) is 0 Å². The lowest BCUT2D eigenvalue weighted by Gasteiger charge is -2.07. The van der Waals surface area contributed by atoms with E-state index in [9.17, 15) is 9.59 Å². The first-order valence-electron chi connectivity index (χ1n) is 18.8. The van der Waals surface area contributed by atoms with Crippen molar-refractivity contribution < 1.29 is 19.1 Å². The summed E-state index contributed by atoms with van der Waals surface area (Å²) in [5.74, 6) is -0.647. The summed E-state index contributed by atoms with van der Waals surface area (Å²) < 4.78 is 10.9. The Morgan fingerprint density at radius 1 is 0.432 bits per heavy atom. The zero-order chi connectivity index (χ0) is 31.8. The Morgan fingerprint density at radius 2 is 0.705 bits per heavy atom. The average Bonchev–Trinajstić information content (AvgIpc) is 3.04. The molecule has 44 heavy (non-hydrogen) atoms. The van der Waals surface area contributed by atoms with Gasteiger partial charge in [-0.05, 0) is 62.8 Å². The lowest BCUT2D eigenvalue weighted by Crippen LogP contribution is -2.09. The first-order valence-corrected chi connectivity index (χ1v) is 18.8. The third-order valence-corrected chi connectivity index (χ3v) is 8.48. The summed E-state index contributed by atoms with van der Waals surface area (Å²) in [4.78, 5) is 24.7. The van der Waals surface area contributed by atoms with E-state index >= 15 is 0 Å². The van der Waals surface area contributed by atoms with E-state index in [-0.39, 0.29) is 11.9 Å². The number of carbonyl (C=O) groups excluding carboxylic acids is 2. The number of carbonyl (C=O) groups is 2. The van der Waals surface area contributed by atoms with Gasteiger partial charge >= 0.3 is 11.9 Å². The summed E-state index contributed by atoms with van der Waals surface area (Å²) in [6.45, 7) is 5.43. The van der Waals surface area contributed by atoms with Crippen molar-refractivity contribution in [2.45, 2.75) is 181 Å². The fourth-order valence-corrected chi connectivity index (χ4v) is 5.53. The smallest absolute Gasteiger partial charge is 0.338 e. The third kappa shape index (κ3) is 24.2. The number of esters is 2. The summed E-state index contributed by atoms with van der Waals surface area (Å²) in [7, 11) is 0. The van der Waals surface area contributed by atoms with Crippen LogP contribution in [0.1, 0.15) is 202 Å². The van der Waals surface area contributed by atoms with Crippen molar-refractivity contribution in [2.24, 2.45) is 0 Å². The van der Waals surface area contributed by atoms with E-state index in [0.717, 1.165) is 25.7 Å². The predicted octanol–water partition coefficient (Wildman–Crippen LogP) is 12.7. The average molecular weight is 613 g/mol. The van der Waals surface area contributed by atoms with Gasteiger partial charge in [-0.2, -0.15) is 0 Å². The summed E-state index contributed by atoms with van der Waals surface area (Å²) >= 11 is 0. The molecule has 4 nitrogen and oxygen atoms in total. The molecule has 0 aliphatic heterocycles. The fourth-order valence-electron chi connectivity index (χ4n) is 5.53. The molecule has 0 spiro atoms. The summed E-state index contributed by atoms with van der Waals surface area (Å²) in [6, 6.07) is 6.63. The topological polar surface area (TPSA) is 52.6 Å². The molecule has 0 unspecified atom stereocenters. The Kier molecular flexibility index (Phi) is 28.0. The van der Waals surface area contributed by atoms with Gasteiger partial charge in [0.1, 0.15) is 0 Å². The van der Waals surface area contributed by atoms with Crippen LogP contribution in [0.5, 0.6) is 0 Å². The molecule has 0 N–H and O–H groups in total. The Hall–Kier alpha value is -2.10. The molecule has 252 valence electrons. The normalized spacial score (nSPS) is 11.3. The summed E-state index contributed by atoms with van der Waals surface area (Å²) in [5.41, 5.74) is 0.959. The van der Waals surface area contributed by atoms with Crippen molar-refractivity contribution in [1.29, 1.82) is 0 Å². The quantitative estimate of drug-likeness (QED) is 0.0475. The Labute approximate surface area is 272 Å². The van der Waals surface area contributed by atoms with Gasteiger partial charge in [0.25, 0.3) is 0 Å². The molecule has 1 aromatic rings. The zero-order valence-electron chi connectivity index (χ0n) is 28.9. The van der Waals surface area contributed by atoms with Crippen molar-refractivity contribution in [3.8, 4) is 0 Å². The fraction of sp³-hybridized carbons (Fsp3) is 0.750. The molecule has 0 atom stereocenters. The minimum Gasteiger partial charge on any atom is -0.462 e. The van der Waals surface area contributed by atoms with Crippen LogP contribution < -0.4 is 0 Å². The summed E-state index contributed by atoms with van der Waals surface area (Å²) in [5, 5.41) is 0. The molecule has 0 fully saturated rings. The second-order valence-electron chi connectivity index (χ2n) is 12.7. The maximum Gasteiger partial charge on any atom is 0.338 e. The van der Waals surface area contributed by atoms with Gasteiger partial charge in [-0.3, -0.25) is 0 Å². The van der Waals surface area contributed by atoms with Crippen LogP contribution in [-0.2, 0) is 9.47 Å². The van der Waals surface area contributed by atoms with Crippen molar-refractivity contribution in [3.05, 3.63) is 47.5 Å². The second kappa shape index (κ2) is 30.9. The van der Waals surface area contributed by atoms with E-state index in [0.29, 0.717) is 24.3 Å². The molecule has 1 rings (SSSR count). The highest BCUT2D eigenvalue weighted by Crippen LogP contribution is 2.14. The van der Waals surface area contributed by atoms with Crippen LogP contribution in [0.25, 0.3) is 0 Å². The van der Waals surface area contributed by atoms with Crippen LogP contribution in [0.3, 0.4) is 0 Å². The van der Waals surface area contributed by atoms with Gasteiger partial charge in [0, 0.05) is 0 Å². The van der Waals surface area contributed by atoms with Gasteiger partial charge in [-0.15, -0.1) is 0 Å². The molecule has 0 amide bonds. The zero-order valence-corrected chi connectivity index (χ0v) is 28.9. The van der Waals surface area contributed by atoms with Gasteiger partial charge in [0.15, 0.2) is 0 Å². The molecule has 0 heterocycles. The Balaban J connectivity index is 1.96. The number of hydrogen-bond acceptors (Lipinski definition) is 4. The van der Waals surface area contributed by atoms with Crippen molar-refractivity contribution in [2.75, 3.05) is 13.2 Å². The van der Waals surface area contributed by atoms with Gasteiger partial charge in [-0.1, -0.05) is 154 Å². The van der Waals surface area contributed by atoms with Crippen molar-refractivity contribution in [1.82, 2.24) is 0 Å². The SMILES string of the molecule is CCCCCCCC/C=C\CCCCCCCCOC(=O)c1ccc(C(=O)OCCCCCCCCCCCCCC)cc1. The first kappa shape index (κ1) is 39.9.